The van der Waals surface area contributed by atoms with Gasteiger partial charge in [0, 0.05) is 36.9 Å². The van der Waals surface area contributed by atoms with Gasteiger partial charge in [0.25, 0.3) is 0 Å². The predicted octanol–water partition coefficient (Wildman–Crippen LogP) is 15.2. The van der Waals surface area contributed by atoms with E-state index in [1.54, 1.807) is 11.3 Å². The van der Waals surface area contributed by atoms with Crippen LogP contribution in [0.25, 0.3) is 120 Å². The van der Waals surface area contributed by atoms with Crippen molar-refractivity contribution in [1.82, 2.24) is 15.0 Å². The van der Waals surface area contributed by atoms with Crippen molar-refractivity contribution >= 4 is 74.6 Å². The van der Waals surface area contributed by atoms with Crippen LogP contribution in [-0.2, 0) is 0 Å². The number of benzene rings is 10. The molecule has 12 aromatic rings. The van der Waals surface area contributed by atoms with Gasteiger partial charge in [0.2, 0.25) is 0 Å². The number of nitrogens with zero attached hydrogens (tertiary/aromatic N) is 3. The highest BCUT2D eigenvalue weighted by molar-refractivity contribution is 7.26. The van der Waals surface area contributed by atoms with Crippen molar-refractivity contribution in [1.29, 1.82) is 0 Å². The van der Waals surface area contributed by atoms with Gasteiger partial charge >= 0.3 is 0 Å². The Morgan fingerprint density at radius 2 is 0.797 bits per heavy atom. The zero-order chi connectivity index (χ0) is 38.9. The lowest BCUT2D eigenvalue weighted by molar-refractivity contribution is 1.08. The average Bonchev–Trinajstić information content (AvgIpc) is 3.69. The third-order valence-corrected chi connectivity index (χ3v) is 12.9. The normalized spacial score (nSPS) is 11.7. The van der Waals surface area contributed by atoms with Gasteiger partial charge in [-0.25, -0.2) is 15.0 Å². The van der Waals surface area contributed by atoms with Crippen LogP contribution in [0.2, 0.25) is 0 Å². The van der Waals surface area contributed by atoms with E-state index < -0.39 is 0 Å². The van der Waals surface area contributed by atoms with Crippen molar-refractivity contribution in [3.8, 4) is 56.4 Å². The summed E-state index contributed by atoms with van der Waals surface area (Å²) in [5.74, 6) is 1.97. The second-order valence-electron chi connectivity index (χ2n) is 15.1. The van der Waals surface area contributed by atoms with Gasteiger partial charge in [-0.05, 0) is 89.6 Å². The van der Waals surface area contributed by atoms with Crippen LogP contribution >= 0.6 is 11.3 Å². The van der Waals surface area contributed by atoms with E-state index in [0.717, 1.165) is 38.2 Å². The average molecular weight is 768 g/mol. The Labute approximate surface area is 344 Å². The lowest BCUT2D eigenvalue weighted by atomic mass is 9.85. The fourth-order valence-corrected chi connectivity index (χ4v) is 10.2. The lowest BCUT2D eigenvalue weighted by Gasteiger charge is -2.18. The first kappa shape index (κ1) is 33.6. The third-order valence-electron chi connectivity index (χ3n) is 11.7. The van der Waals surface area contributed by atoms with Crippen molar-refractivity contribution in [2.45, 2.75) is 0 Å². The summed E-state index contributed by atoms with van der Waals surface area (Å²) in [7, 11) is 0. The van der Waals surface area contributed by atoms with Crippen LogP contribution in [0.4, 0.5) is 0 Å². The summed E-state index contributed by atoms with van der Waals surface area (Å²) < 4.78 is 2.43. The van der Waals surface area contributed by atoms with Gasteiger partial charge in [0.05, 0.1) is 0 Å². The maximum Gasteiger partial charge on any atom is 0.165 e. The van der Waals surface area contributed by atoms with E-state index in [0.29, 0.717) is 17.5 Å². The molecule has 10 aromatic carbocycles. The summed E-state index contributed by atoms with van der Waals surface area (Å²) in [6.07, 6.45) is 0. The van der Waals surface area contributed by atoms with Gasteiger partial charge in [-0.1, -0.05) is 176 Å². The maximum atomic E-state index is 5.29. The molecule has 2 aromatic heterocycles. The van der Waals surface area contributed by atoms with Crippen LogP contribution in [0, 0.1) is 0 Å². The minimum Gasteiger partial charge on any atom is -0.208 e. The largest absolute Gasteiger partial charge is 0.208 e. The van der Waals surface area contributed by atoms with Crippen LogP contribution in [0.5, 0.6) is 0 Å². The molecular formula is C55H33N3S. The lowest BCUT2D eigenvalue weighted by Crippen LogP contribution is -2.00. The Morgan fingerprint density at radius 3 is 1.54 bits per heavy atom. The van der Waals surface area contributed by atoms with Crippen molar-refractivity contribution in [3.63, 3.8) is 0 Å². The topological polar surface area (TPSA) is 38.7 Å². The summed E-state index contributed by atoms with van der Waals surface area (Å²) in [6, 6.07) is 71.7. The Balaban J connectivity index is 1.07. The number of hydrogen-bond donors (Lipinski definition) is 0. The van der Waals surface area contributed by atoms with E-state index in [1.165, 1.54) is 64.0 Å². The molecule has 0 radical (unpaired) electrons. The standard InChI is InChI=1S/C55H33N3S/c1-2-15-36(16-3-1)50-42-20-6-8-22-44(42)51(45-23-9-7-21-43(45)50)37-30-28-34-29-31-38(33-39(34)32-37)53-56-54(47-25-12-17-35-14-4-5-18-40(35)47)58-55(57-53)48-26-13-24-46-41-19-10-11-27-49(41)59-52(46)48/h1-33H. The Morgan fingerprint density at radius 1 is 0.288 bits per heavy atom. The second-order valence-corrected chi connectivity index (χ2v) is 16.1. The Hall–Kier alpha value is -7.53. The van der Waals surface area contributed by atoms with Gasteiger partial charge in [-0.15, -0.1) is 11.3 Å². The van der Waals surface area contributed by atoms with Gasteiger partial charge in [-0.3, -0.25) is 0 Å². The van der Waals surface area contributed by atoms with Crippen LogP contribution in [0.1, 0.15) is 0 Å². The zero-order valence-corrected chi connectivity index (χ0v) is 32.6. The molecule has 3 nitrogen and oxygen atoms in total. The van der Waals surface area contributed by atoms with Crippen LogP contribution < -0.4 is 0 Å². The first-order valence-corrected chi connectivity index (χ1v) is 20.8. The molecular weight excluding hydrogens is 735 g/mol. The molecule has 0 saturated heterocycles. The number of aromatic nitrogens is 3. The quantitative estimate of drug-likeness (QED) is 0.164. The minimum absolute atomic E-state index is 0.645. The van der Waals surface area contributed by atoms with Crippen molar-refractivity contribution in [3.05, 3.63) is 200 Å². The van der Waals surface area contributed by atoms with Crippen LogP contribution in [0.3, 0.4) is 0 Å². The van der Waals surface area contributed by atoms with E-state index in [1.807, 2.05) is 0 Å². The Bertz CT molecular complexity index is 3560. The number of hydrogen-bond acceptors (Lipinski definition) is 4. The summed E-state index contributed by atoms with van der Waals surface area (Å²) in [5.41, 5.74) is 7.83. The first-order valence-electron chi connectivity index (χ1n) is 19.9. The minimum atomic E-state index is 0.645. The molecule has 4 heteroatoms. The summed E-state index contributed by atoms with van der Waals surface area (Å²) in [4.78, 5) is 15.8. The highest BCUT2D eigenvalue weighted by Crippen LogP contribution is 2.45. The molecule has 0 spiro atoms. The van der Waals surface area contributed by atoms with E-state index in [2.05, 4.69) is 200 Å². The van der Waals surface area contributed by atoms with Crippen molar-refractivity contribution < 1.29 is 0 Å². The van der Waals surface area contributed by atoms with Gasteiger partial charge in [0.1, 0.15) is 0 Å². The molecule has 274 valence electrons. The molecule has 0 atom stereocenters. The molecule has 0 aliphatic heterocycles. The summed E-state index contributed by atoms with van der Waals surface area (Å²) in [6.45, 7) is 0. The van der Waals surface area contributed by atoms with Crippen LogP contribution in [0.15, 0.2) is 200 Å². The number of rotatable bonds is 5. The first-order chi connectivity index (χ1) is 29.2. The number of fused-ring (bicyclic) bond motifs is 7. The van der Waals surface area contributed by atoms with E-state index in [9.17, 15) is 0 Å². The number of thiophene rings is 1. The maximum absolute atomic E-state index is 5.29. The molecule has 0 aliphatic rings. The highest BCUT2D eigenvalue weighted by Gasteiger charge is 2.19. The molecule has 0 bridgehead atoms. The third kappa shape index (κ3) is 5.53. The molecule has 0 unspecified atom stereocenters. The van der Waals surface area contributed by atoms with Gasteiger partial charge in [-0.2, -0.15) is 0 Å². The van der Waals surface area contributed by atoms with Crippen molar-refractivity contribution in [2.24, 2.45) is 0 Å². The van der Waals surface area contributed by atoms with E-state index >= 15 is 0 Å². The fraction of sp³-hybridized carbons (Fsp3) is 0. The van der Waals surface area contributed by atoms with Gasteiger partial charge in [0.15, 0.2) is 17.5 Å². The van der Waals surface area contributed by atoms with Gasteiger partial charge < -0.3 is 0 Å². The zero-order valence-electron chi connectivity index (χ0n) is 31.8. The SMILES string of the molecule is c1ccc(-c2c3ccccc3c(-c3ccc4ccc(-c5nc(-c6cccc7ccccc67)nc(-c6cccc7c6sc6ccccc67)n5)cc4c3)c3ccccc23)cc1. The monoisotopic (exact) mass is 767 g/mol. The summed E-state index contributed by atoms with van der Waals surface area (Å²) in [5, 5.41) is 12.0. The van der Waals surface area contributed by atoms with Crippen LogP contribution in [-0.4, -0.2) is 15.0 Å². The Kier molecular flexibility index (Phi) is 7.72. The predicted molar refractivity (Wildman–Crippen MR) is 250 cm³/mol. The molecule has 2 heterocycles. The highest BCUT2D eigenvalue weighted by atomic mass is 32.1. The fourth-order valence-electron chi connectivity index (χ4n) is 8.99. The van der Waals surface area contributed by atoms with E-state index in [-0.39, 0.29) is 0 Å². The molecule has 0 saturated carbocycles. The van der Waals surface area contributed by atoms with E-state index in [4.69, 9.17) is 15.0 Å². The molecule has 0 fully saturated rings. The molecule has 12 rings (SSSR count). The summed E-state index contributed by atoms with van der Waals surface area (Å²) >= 11 is 1.79. The van der Waals surface area contributed by atoms with Crippen molar-refractivity contribution in [2.75, 3.05) is 0 Å². The smallest absolute Gasteiger partial charge is 0.165 e. The second kappa shape index (κ2) is 13.6. The molecule has 0 aliphatic carbocycles. The molecule has 0 N–H and O–H groups in total. The molecule has 59 heavy (non-hydrogen) atoms. The molecule has 0 amide bonds.